The van der Waals surface area contributed by atoms with Gasteiger partial charge in [-0.2, -0.15) is 0 Å². The van der Waals surface area contributed by atoms with Crippen LogP contribution in [0, 0.1) is 0 Å². The molecule has 17 heavy (non-hydrogen) atoms. The van der Waals surface area contributed by atoms with E-state index in [4.69, 9.17) is 22.7 Å². The van der Waals surface area contributed by atoms with Gasteiger partial charge < -0.3 is 10.5 Å². The monoisotopic (exact) mass is 308 g/mol. The molecule has 2 N–H and O–H groups in total. The summed E-state index contributed by atoms with van der Waals surface area (Å²) in [4.78, 5) is 4.37. The smallest absolute Gasteiger partial charge is 0.145 e. The molecule has 0 unspecified atom stereocenters. The van der Waals surface area contributed by atoms with Gasteiger partial charge in [-0.15, -0.1) is 0 Å². The maximum atomic E-state index is 5.62. The van der Waals surface area contributed by atoms with Gasteiger partial charge in [-0.3, -0.25) is 0 Å². The van der Waals surface area contributed by atoms with Gasteiger partial charge in [0.2, 0.25) is 0 Å². The summed E-state index contributed by atoms with van der Waals surface area (Å²) in [5.74, 6) is 1.38. The molecule has 1 aromatic heterocycles. The predicted molar refractivity (Wildman–Crippen MR) is 74.3 cm³/mol. The first-order valence-electron chi connectivity index (χ1n) is 4.84. The summed E-state index contributed by atoms with van der Waals surface area (Å²) in [7, 11) is 0. The number of rotatable bonds is 3. The Morgan fingerprint density at radius 3 is 2.65 bits per heavy atom. The quantitative estimate of drug-likeness (QED) is 0.884. The molecule has 5 heteroatoms. The fourth-order valence-corrected chi connectivity index (χ4v) is 1.75. The summed E-state index contributed by atoms with van der Waals surface area (Å²) in [6, 6.07) is 11.1. The summed E-state index contributed by atoms with van der Waals surface area (Å²) < 4.78 is 6.58. The van der Waals surface area contributed by atoms with Gasteiger partial charge in [0.05, 0.1) is 11.9 Å². The van der Waals surface area contributed by atoms with E-state index in [1.807, 2.05) is 24.3 Å². The van der Waals surface area contributed by atoms with Crippen LogP contribution in [0.5, 0.6) is 11.5 Å². The van der Waals surface area contributed by atoms with Crippen LogP contribution in [-0.4, -0.2) is 9.97 Å². The number of nitrogens with zero attached hydrogens (tertiary/aromatic N) is 1. The lowest BCUT2D eigenvalue weighted by atomic mass is 10.3. The molecular formula is C12H9BrN2OS. The highest BCUT2D eigenvalue weighted by Crippen LogP contribution is 2.23. The predicted octanol–water partition coefficient (Wildman–Crippen LogP) is 3.27. The van der Waals surface area contributed by atoms with Crippen LogP contribution < -0.4 is 10.5 Å². The molecule has 0 amide bonds. The van der Waals surface area contributed by atoms with Crippen LogP contribution in [0.2, 0.25) is 0 Å². The maximum absolute atomic E-state index is 5.62. The Bertz CT molecular complexity index is 542. The molecule has 2 rings (SSSR count). The summed E-state index contributed by atoms with van der Waals surface area (Å²) in [6.07, 6.45) is 1.59. The van der Waals surface area contributed by atoms with Crippen LogP contribution in [0.25, 0.3) is 0 Å². The first-order chi connectivity index (χ1) is 8.15. The minimum Gasteiger partial charge on any atom is -0.456 e. The van der Waals surface area contributed by atoms with Crippen molar-refractivity contribution < 1.29 is 4.74 Å². The summed E-state index contributed by atoms with van der Waals surface area (Å²) in [5, 5.41) is 0. The average Bonchev–Trinajstić information content (AvgIpc) is 2.29. The van der Waals surface area contributed by atoms with Crippen LogP contribution in [0.3, 0.4) is 0 Å². The summed E-state index contributed by atoms with van der Waals surface area (Å²) >= 11 is 8.20. The summed E-state index contributed by atoms with van der Waals surface area (Å²) in [5.41, 5.74) is 6.04. The second kappa shape index (κ2) is 5.25. The fraction of sp³-hybridized carbons (Fsp3) is 0. The van der Waals surface area contributed by atoms with Gasteiger partial charge in [-0.25, -0.2) is 4.98 Å². The molecule has 2 aromatic rings. The van der Waals surface area contributed by atoms with Gasteiger partial charge in [0.1, 0.15) is 16.5 Å². The Labute approximate surface area is 113 Å². The van der Waals surface area contributed by atoms with Gasteiger partial charge in [-0.1, -0.05) is 34.2 Å². The molecule has 3 nitrogen and oxygen atoms in total. The number of halogens is 1. The molecule has 0 aliphatic heterocycles. The number of ether oxygens (including phenoxy) is 1. The zero-order valence-electron chi connectivity index (χ0n) is 8.76. The second-order valence-electron chi connectivity index (χ2n) is 3.30. The molecule has 0 aliphatic carbocycles. The standard InChI is InChI=1S/C12H9BrN2OS/c13-8-2-1-3-9(6-8)16-10-4-5-11(12(14)17)15-7-10/h1-7H,(H2,14,17). The lowest BCUT2D eigenvalue weighted by molar-refractivity contribution is 0.480. The molecule has 1 heterocycles. The normalized spacial score (nSPS) is 9.94. The van der Waals surface area contributed by atoms with Crippen molar-refractivity contribution >= 4 is 33.1 Å². The Balaban J connectivity index is 2.16. The van der Waals surface area contributed by atoms with E-state index < -0.39 is 0 Å². The third-order valence-electron chi connectivity index (χ3n) is 2.02. The molecule has 0 atom stereocenters. The average molecular weight is 309 g/mol. The van der Waals surface area contributed by atoms with E-state index in [0.717, 1.165) is 10.2 Å². The number of aromatic nitrogens is 1. The van der Waals surface area contributed by atoms with Crippen LogP contribution >= 0.6 is 28.1 Å². The van der Waals surface area contributed by atoms with Crippen LogP contribution in [0.15, 0.2) is 47.1 Å². The Morgan fingerprint density at radius 1 is 1.24 bits per heavy atom. The third-order valence-corrected chi connectivity index (χ3v) is 2.72. The summed E-state index contributed by atoms with van der Waals surface area (Å²) in [6.45, 7) is 0. The van der Waals surface area contributed by atoms with E-state index in [0.29, 0.717) is 11.4 Å². The van der Waals surface area contributed by atoms with Crippen molar-refractivity contribution in [2.75, 3.05) is 0 Å². The first kappa shape index (κ1) is 12.0. The van der Waals surface area contributed by atoms with Crippen molar-refractivity contribution in [3.8, 4) is 11.5 Å². The minimum absolute atomic E-state index is 0.277. The van der Waals surface area contributed by atoms with E-state index in [9.17, 15) is 0 Å². The molecular weight excluding hydrogens is 300 g/mol. The highest BCUT2D eigenvalue weighted by Gasteiger charge is 2.01. The molecule has 0 saturated carbocycles. The van der Waals surface area contributed by atoms with Crippen molar-refractivity contribution in [2.45, 2.75) is 0 Å². The zero-order valence-corrected chi connectivity index (χ0v) is 11.2. The Hall–Kier alpha value is -1.46. The lowest BCUT2D eigenvalue weighted by Gasteiger charge is -2.06. The van der Waals surface area contributed by atoms with Gasteiger partial charge in [0.15, 0.2) is 0 Å². The molecule has 0 radical (unpaired) electrons. The molecule has 0 fully saturated rings. The van der Waals surface area contributed by atoms with Gasteiger partial charge in [0, 0.05) is 4.47 Å². The van der Waals surface area contributed by atoms with E-state index in [-0.39, 0.29) is 4.99 Å². The fourth-order valence-electron chi connectivity index (χ4n) is 1.25. The van der Waals surface area contributed by atoms with Gasteiger partial charge in [-0.05, 0) is 30.3 Å². The van der Waals surface area contributed by atoms with Crippen molar-refractivity contribution in [3.63, 3.8) is 0 Å². The Kier molecular flexibility index (Phi) is 3.71. The maximum Gasteiger partial charge on any atom is 0.145 e. The number of pyridine rings is 1. The number of hydrogen-bond acceptors (Lipinski definition) is 3. The lowest BCUT2D eigenvalue weighted by Crippen LogP contribution is -2.10. The highest BCUT2D eigenvalue weighted by molar-refractivity contribution is 9.10. The Morgan fingerprint density at radius 2 is 2.06 bits per heavy atom. The number of benzene rings is 1. The molecule has 86 valence electrons. The topological polar surface area (TPSA) is 48.1 Å². The molecule has 0 aliphatic rings. The number of hydrogen-bond donors (Lipinski definition) is 1. The minimum atomic E-state index is 0.277. The molecule has 1 aromatic carbocycles. The van der Waals surface area contributed by atoms with E-state index >= 15 is 0 Å². The van der Waals surface area contributed by atoms with E-state index in [1.165, 1.54) is 0 Å². The van der Waals surface area contributed by atoms with Crippen LogP contribution in [-0.2, 0) is 0 Å². The molecule has 0 spiro atoms. The molecule has 0 saturated heterocycles. The third kappa shape index (κ3) is 3.25. The van der Waals surface area contributed by atoms with Crippen molar-refractivity contribution in [2.24, 2.45) is 5.73 Å². The second-order valence-corrected chi connectivity index (χ2v) is 4.66. The van der Waals surface area contributed by atoms with Gasteiger partial charge in [0.25, 0.3) is 0 Å². The largest absolute Gasteiger partial charge is 0.456 e. The van der Waals surface area contributed by atoms with Crippen molar-refractivity contribution in [3.05, 3.63) is 52.8 Å². The highest BCUT2D eigenvalue weighted by atomic mass is 79.9. The van der Waals surface area contributed by atoms with E-state index in [2.05, 4.69) is 20.9 Å². The SMILES string of the molecule is NC(=S)c1ccc(Oc2cccc(Br)c2)cn1. The molecule has 0 bridgehead atoms. The zero-order chi connectivity index (χ0) is 12.3. The first-order valence-corrected chi connectivity index (χ1v) is 6.04. The number of thiocarbonyl (C=S) groups is 1. The van der Waals surface area contributed by atoms with Crippen LogP contribution in [0.1, 0.15) is 5.69 Å². The van der Waals surface area contributed by atoms with Crippen molar-refractivity contribution in [1.29, 1.82) is 0 Å². The van der Waals surface area contributed by atoms with Gasteiger partial charge >= 0.3 is 0 Å². The van der Waals surface area contributed by atoms with E-state index in [1.54, 1.807) is 18.3 Å². The van der Waals surface area contributed by atoms with Crippen molar-refractivity contribution in [1.82, 2.24) is 4.98 Å². The van der Waals surface area contributed by atoms with Crippen LogP contribution in [0.4, 0.5) is 0 Å². The number of nitrogens with two attached hydrogens (primary N) is 1.